The lowest BCUT2D eigenvalue weighted by atomic mass is 10.3. The maximum Gasteiger partial charge on any atom is 0.190 e. The molecule has 0 bridgehead atoms. The van der Waals surface area contributed by atoms with Gasteiger partial charge in [-0.1, -0.05) is 0 Å². The molecule has 0 fully saturated rings. The summed E-state index contributed by atoms with van der Waals surface area (Å²) in [6.45, 7) is 0. The topological polar surface area (TPSA) is 47.0 Å². The van der Waals surface area contributed by atoms with Crippen LogP contribution in [-0.2, 0) is 16.3 Å². The molecular weight excluding hydrogens is 273 g/mol. The molecule has 0 spiro atoms. The van der Waals surface area contributed by atoms with Crippen molar-refractivity contribution >= 4 is 25.8 Å². The Balaban J connectivity index is 2.59. The van der Waals surface area contributed by atoms with Gasteiger partial charge in [-0.05, 0) is 28.1 Å². The van der Waals surface area contributed by atoms with E-state index in [2.05, 4.69) is 20.9 Å². The van der Waals surface area contributed by atoms with E-state index in [4.69, 9.17) is 0 Å². The van der Waals surface area contributed by atoms with Crippen LogP contribution in [0, 0.1) is 0 Å². The molecule has 1 aromatic heterocycles. The number of alkyl halides is 1. The van der Waals surface area contributed by atoms with Gasteiger partial charge in [0.2, 0.25) is 0 Å². The second-order valence-corrected chi connectivity index (χ2v) is 5.80. The molecule has 0 amide bonds. The van der Waals surface area contributed by atoms with Crippen molar-refractivity contribution in [1.29, 1.82) is 0 Å². The quantitative estimate of drug-likeness (QED) is 0.845. The van der Waals surface area contributed by atoms with E-state index in [0.29, 0.717) is 5.69 Å². The smallest absolute Gasteiger partial charge is 0.190 e. The zero-order valence-electron chi connectivity index (χ0n) is 7.28. The highest BCUT2D eigenvalue weighted by atomic mass is 79.9. The van der Waals surface area contributed by atoms with Gasteiger partial charge < -0.3 is 0 Å². The third kappa shape index (κ3) is 3.71. The molecule has 3 nitrogen and oxygen atoms in total. The van der Waals surface area contributed by atoms with Crippen molar-refractivity contribution in [1.82, 2.24) is 4.98 Å². The number of hydrogen-bond donors (Lipinski definition) is 0. The fourth-order valence-corrected chi connectivity index (χ4v) is 1.73. The molecule has 78 valence electrons. The number of aryl methyl sites for hydroxylation is 1. The van der Waals surface area contributed by atoms with Crippen LogP contribution in [0.5, 0.6) is 0 Å². The van der Waals surface area contributed by atoms with E-state index in [0.717, 1.165) is 4.47 Å². The number of nitrogens with zero attached hydrogens (tertiary/aromatic N) is 1. The third-order valence-electron chi connectivity index (χ3n) is 1.62. The normalized spacial score (nSPS) is 11.6. The van der Waals surface area contributed by atoms with Crippen LogP contribution in [0.2, 0.25) is 0 Å². The Hall–Kier alpha value is -0.490. The van der Waals surface area contributed by atoms with Crippen LogP contribution in [-0.4, -0.2) is 25.2 Å². The summed E-state index contributed by atoms with van der Waals surface area (Å²) in [5.41, 5.74) is 0.644. The lowest BCUT2D eigenvalue weighted by molar-refractivity contribution is 0.534. The first-order valence-corrected chi connectivity index (χ1v) is 6.52. The van der Waals surface area contributed by atoms with E-state index in [-0.39, 0.29) is 12.2 Å². The maximum atomic E-state index is 11.9. The molecule has 0 aliphatic carbocycles. The molecule has 0 aliphatic heterocycles. The van der Waals surface area contributed by atoms with Crippen LogP contribution in [0.3, 0.4) is 0 Å². The Morgan fingerprint density at radius 1 is 1.43 bits per heavy atom. The standard InChI is InChI=1S/C8H9BrFNO2S/c9-7-1-2-8(11-5-7)3-4-14(12,13)6-10/h1-2,5H,3-4,6H2. The van der Waals surface area contributed by atoms with Crippen LogP contribution >= 0.6 is 15.9 Å². The van der Waals surface area contributed by atoms with Gasteiger partial charge in [-0.3, -0.25) is 4.98 Å². The fourth-order valence-electron chi connectivity index (χ4n) is 0.869. The second-order valence-electron chi connectivity index (χ2n) is 2.77. The first kappa shape index (κ1) is 11.6. The van der Waals surface area contributed by atoms with Gasteiger partial charge in [0.25, 0.3) is 0 Å². The Kier molecular flexibility index (Phi) is 4.00. The summed E-state index contributed by atoms with van der Waals surface area (Å²) in [4.78, 5) is 3.98. The van der Waals surface area contributed by atoms with E-state index < -0.39 is 15.8 Å². The molecule has 0 unspecified atom stereocenters. The van der Waals surface area contributed by atoms with Crippen LogP contribution in [0.4, 0.5) is 4.39 Å². The zero-order chi connectivity index (χ0) is 10.6. The van der Waals surface area contributed by atoms with E-state index in [9.17, 15) is 12.8 Å². The average Bonchev–Trinajstić information content (AvgIpc) is 2.17. The second kappa shape index (κ2) is 4.84. The van der Waals surface area contributed by atoms with Gasteiger partial charge in [-0.2, -0.15) is 0 Å². The largest absolute Gasteiger partial charge is 0.260 e. The summed E-state index contributed by atoms with van der Waals surface area (Å²) in [6.07, 6.45) is 1.83. The molecule has 0 radical (unpaired) electrons. The summed E-state index contributed by atoms with van der Waals surface area (Å²) in [7, 11) is -3.55. The Bertz CT molecular complexity index is 390. The first-order valence-electron chi connectivity index (χ1n) is 3.90. The number of pyridine rings is 1. The average molecular weight is 282 g/mol. The number of aromatic nitrogens is 1. The number of rotatable bonds is 4. The molecule has 0 saturated heterocycles. The van der Waals surface area contributed by atoms with Crippen molar-refractivity contribution in [3.05, 3.63) is 28.5 Å². The van der Waals surface area contributed by atoms with E-state index >= 15 is 0 Å². The molecule has 0 N–H and O–H groups in total. The van der Waals surface area contributed by atoms with Gasteiger partial charge in [0.1, 0.15) is 0 Å². The van der Waals surface area contributed by atoms with E-state index in [1.54, 1.807) is 18.3 Å². The lowest BCUT2D eigenvalue weighted by Crippen LogP contribution is -2.10. The predicted octanol–water partition coefficient (Wildman–Crippen LogP) is 1.73. The highest BCUT2D eigenvalue weighted by Gasteiger charge is 2.09. The summed E-state index contributed by atoms with van der Waals surface area (Å²) in [6, 6.07) is 2.17. The molecule has 0 atom stereocenters. The van der Waals surface area contributed by atoms with E-state index in [1.165, 1.54) is 0 Å². The molecule has 1 heterocycles. The van der Waals surface area contributed by atoms with Crippen molar-refractivity contribution < 1.29 is 12.8 Å². The summed E-state index contributed by atoms with van der Waals surface area (Å²) < 4.78 is 34.4. The Morgan fingerprint density at radius 2 is 2.14 bits per heavy atom. The lowest BCUT2D eigenvalue weighted by Gasteiger charge is -1.99. The van der Waals surface area contributed by atoms with Crippen molar-refractivity contribution in [3.8, 4) is 0 Å². The molecular formula is C8H9BrFNO2S. The number of hydrogen-bond acceptors (Lipinski definition) is 3. The van der Waals surface area contributed by atoms with Gasteiger partial charge in [0.05, 0.1) is 5.75 Å². The molecule has 6 heteroatoms. The van der Waals surface area contributed by atoms with Crippen molar-refractivity contribution in [3.63, 3.8) is 0 Å². The van der Waals surface area contributed by atoms with Gasteiger partial charge >= 0.3 is 0 Å². The minimum absolute atomic E-state index is 0.196. The molecule has 14 heavy (non-hydrogen) atoms. The summed E-state index contributed by atoms with van der Waals surface area (Å²) in [5.74, 6) is -0.196. The van der Waals surface area contributed by atoms with Crippen LogP contribution in [0.1, 0.15) is 5.69 Å². The molecule has 1 aromatic rings. The summed E-state index contributed by atoms with van der Waals surface area (Å²) in [5, 5.41) is 0. The molecule has 0 aliphatic rings. The van der Waals surface area contributed by atoms with Gasteiger partial charge in [-0.25, -0.2) is 12.8 Å². The third-order valence-corrected chi connectivity index (χ3v) is 3.25. The van der Waals surface area contributed by atoms with Crippen LogP contribution < -0.4 is 0 Å². The SMILES string of the molecule is O=S(=O)(CF)CCc1ccc(Br)cn1. The Labute approximate surface area is 90.4 Å². The Morgan fingerprint density at radius 3 is 2.64 bits per heavy atom. The van der Waals surface area contributed by atoms with Gasteiger partial charge in [0, 0.05) is 22.8 Å². The van der Waals surface area contributed by atoms with Crippen molar-refractivity contribution in [2.45, 2.75) is 6.42 Å². The van der Waals surface area contributed by atoms with E-state index in [1.807, 2.05) is 0 Å². The number of halogens is 2. The minimum atomic E-state index is -3.55. The van der Waals surface area contributed by atoms with Crippen molar-refractivity contribution in [2.24, 2.45) is 0 Å². The molecule has 1 rings (SSSR count). The summed E-state index contributed by atoms with van der Waals surface area (Å²) >= 11 is 3.21. The number of sulfone groups is 1. The fraction of sp³-hybridized carbons (Fsp3) is 0.375. The highest BCUT2D eigenvalue weighted by molar-refractivity contribution is 9.10. The zero-order valence-corrected chi connectivity index (χ0v) is 9.68. The first-order chi connectivity index (χ1) is 6.53. The molecule has 0 aromatic carbocycles. The monoisotopic (exact) mass is 281 g/mol. The minimum Gasteiger partial charge on any atom is -0.260 e. The van der Waals surface area contributed by atoms with Crippen LogP contribution in [0.25, 0.3) is 0 Å². The molecule has 0 saturated carbocycles. The van der Waals surface area contributed by atoms with Gasteiger partial charge in [-0.15, -0.1) is 0 Å². The van der Waals surface area contributed by atoms with Crippen LogP contribution in [0.15, 0.2) is 22.8 Å². The van der Waals surface area contributed by atoms with Gasteiger partial charge in [0.15, 0.2) is 15.8 Å². The van der Waals surface area contributed by atoms with Crippen molar-refractivity contribution in [2.75, 3.05) is 11.8 Å². The predicted molar refractivity (Wildman–Crippen MR) is 55.4 cm³/mol. The highest BCUT2D eigenvalue weighted by Crippen LogP contribution is 2.08. The maximum absolute atomic E-state index is 11.9.